The predicted molar refractivity (Wildman–Crippen MR) is 65.4 cm³/mol. The number of aliphatic carboxylic acids is 1. The second-order valence-electron chi connectivity index (χ2n) is 4.57. The average molecular weight is 265 g/mol. The number of carboxylic acids is 1. The van der Waals surface area contributed by atoms with E-state index in [1.165, 1.54) is 12.4 Å². The second-order valence-corrected chi connectivity index (χ2v) is 4.57. The summed E-state index contributed by atoms with van der Waals surface area (Å²) >= 11 is 0. The van der Waals surface area contributed by atoms with E-state index in [0.717, 1.165) is 12.8 Å². The molecule has 0 unspecified atom stereocenters. The number of aromatic nitrogens is 3. The van der Waals surface area contributed by atoms with Crippen molar-refractivity contribution in [1.29, 1.82) is 0 Å². The predicted octanol–water partition coefficient (Wildman–Crippen LogP) is 0.638. The van der Waals surface area contributed by atoms with E-state index in [0.29, 0.717) is 12.8 Å². The van der Waals surface area contributed by atoms with Crippen molar-refractivity contribution in [2.45, 2.75) is 25.7 Å². The zero-order valence-corrected chi connectivity index (χ0v) is 10.3. The molecule has 0 aliphatic heterocycles. The maximum absolute atomic E-state index is 11.6. The molecule has 102 valence electrons. The summed E-state index contributed by atoms with van der Waals surface area (Å²) < 4.78 is 0. The molecule has 1 saturated carbocycles. The van der Waals surface area contributed by atoms with Crippen LogP contribution in [-0.2, 0) is 4.79 Å². The van der Waals surface area contributed by atoms with Crippen molar-refractivity contribution in [3.8, 4) is 0 Å². The van der Waals surface area contributed by atoms with Gasteiger partial charge in [0.25, 0.3) is 5.95 Å². The van der Waals surface area contributed by atoms with E-state index >= 15 is 0 Å². The van der Waals surface area contributed by atoms with Crippen LogP contribution in [0.3, 0.4) is 0 Å². The van der Waals surface area contributed by atoms with Gasteiger partial charge in [-0.25, -0.2) is 9.78 Å². The maximum Gasteiger partial charge on any atom is 0.321 e. The summed E-state index contributed by atoms with van der Waals surface area (Å²) in [5, 5.41) is 21.4. The molecule has 0 aromatic carbocycles. The van der Waals surface area contributed by atoms with Crippen molar-refractivity contribution in [1.82, 2.24) is 20.5 Å². The van der Waals surface area contributed by atoms with Crippen LogP contribution in [0.5, 0.6) is 0 Å². The van der Waals surface area contributed by atoms with E-state index in [9.17, 15) is 14.7 Å². The molecule has 1 heterocycles. The number of hydrogen-bond acceptors (Lipinski definition) is 5. The molecule has 8 nitrogen and oxygen atoms in total. The Balaban J connectivity index is 1.88. The molecule has 0 atom stereocenters. The van der Waals surface area contributed by atoms with E-state index in [1.54, 1.807) is 0 Å². The summed E-state index contributed by atoms with van der Waals surface area (Å²) in [5.41, 5.74) is -0.840. The van der Waals surface area contributed by atoms with Gasteiger partial charge < -0.3 is 10.4 Å². The quantitative estimate of drug-likeness (QED) is 0.735. The van der Waals surface area contributed by atoms with Gasteiger partial charge in [0, 0.05) is 6.54 Å². The number of carbonyl (C=O) groups is 2. The highest BCUT2D eigenvalue weighted by Crippen LogP contribution is 2.37. The van der Waals surface area contributed by atoms with Crippen LogP contribution in [0.25, 0.3) is 0 Å². The van der Waals surface area contributed by atoms with E-state index in [-0.39, 0.29) is 12.5 Å². The minimum absolute atomic E-state index is 0.0794. The number of carbonyl (C=O) groups excluding carboxylic acids is 1. The van der Waals surface area contributed by atoms with Gasteiger partial charge in [-0.3, -0.25) is 10.1 Å². The Hall–Kier alpha value is -2.25. The molecule has 2 amide bonds. The van der Waals surface area contributed by atoms with Crippen LogP contribution in [0.1, 0.15) is 25.7 Å². The van der Waals surface area contributed by atoms with Crippen LogP contribution in [-0.4, -0.2) is 38.8 Å². The summed E-state index contributed by atoms with van der Waals surface area (Å²) in [5.74, 6) is -0.779. The Morgan fingerprint density at radius 3 is 2.63 bits per heavy atom. The number of anilines is 1. The van der Waals surface area contributed by atoms with Crippen molar-refractivity contribution < 1.29 is 14.7 Å². The first-order valence-electron chi connectivity index (χ1n) is 6.04. The van der Waals surface area contributed by atoms with Crippen molar-refractivity contribution in [3.05, 3.63) is 12.4 Å². The molecule has 19 heavy (non-hydrogen) atoms. The lowest BCUT2D eigenvalue weighted by Gasteiger charge is -2.23. The van der Waals surface area contributed by atoms with Crippen molar-refractivity contribution >= 4 is 17.9 Å². The Morgan fingerprint density at radius 1 is 1.32 bits per heavy atom. The van der Waals surface area contributed by atoms with Crippen LogP contribution >= 0.6 is 0 Å². The summed E-state index contributed by atoms with van der Waals surface area (Å²) in [6.07, 6.45) is 5.72. The molecule has 1 aromatic heterocycles. The van der Waals surface area contributed by atoms with Crippen LogP contribution in [0.2, 0.25) is 0 Å². The number of hydrogen-bond donors (Lipinski definition) is 3. The Labute approximate surface area is 109 Å². The zero-order valence-electron chi connectivity index (χ0n) is 10.3. The molecule has 8 heteroatoms. The summed E-state index contributed by atoms with van der Waals surface area (Å²) in [6.45, 7) is 0.106. The van der Waals surface area contributed by atoms with Crippen molar-refractivity contribution in [3.63, 3.8) is 0 Å². The van der Waals surface area contributed by atoms with Gasteiger partial charge in [0.15, 0.2) is 0 Å². The normalized spacial score (nSPS) is 16.8. The first kappa shape index (κ1) is 13.2. The van der Waals surface area contributed by atoms with Gasteiger partial charge in [0.05, 0.1) is 17.8 Å². The molecule has 1 aliphatic carbocycles. The van der Waals surface area contributed by atoms with Gasteiger partial charge in [-0.2, -0.15) is 5.10 Å². The van der Waals surface area contributed by atoms with Crippen LogP contribution in [0, 0.1) is 5.41 Å². The lowest BCUT2D eigenvalue weighted by Crippen LogP contribution is -2.42. The molecule has 1 aliphatic rings. The number of carboxylic acid groups (broad SMARTS) is 1. The third-order valence-electron chi connectivity index (χ3n) is 3.31. The summed E-state index contributed by atoms with van der Waals surface area (Å²) in [4.78, 5) is 26.7. The van der Waals surface area contributed by atoms with Crippen molar-refractivity contribution in [2.75, 3.05) is 11.9 Å². The Kier molecular flexibility index (Phi) is 3.88. The molecule has 0 spiro atoms. The fraction of sp³-hybridized carbons (Fsp3) is 0.545. The first-order valence-corrected chi connectivity index (χ1v) is 6.04. The Morgan fingerprint density at radius 2 is 2.05 bits per heavy atom. The highest BCUT2D eigenvalue weighted by molar-refractivity contribution is 5.87. The molecular formula is C11H15N5O3. The molecule has 1 fully saturated rings. The number of nitrogens with zero attached hydrogens (tertiary/aromatic N) is 3. The van der Waals surface area contributed by atoms with Gasteiger partial charge in [0.2, 0.25) is 0 Å². The van der Waals surface area contributed by atoms with E-state index in [1.807, 2.05) is 0 Å². The number of rotatable bonds is 4. The molecule has 0 saturated heterocycles. The molecule has 1 aromatic rings. The third kappa shape index (κ3) is 3.15. The van der Waals surface area contributed by atoms with Crippen LogP contribution < -0.4 is 10.6 Å². The van der Waals surface area contributed by atoms with Crippen LogP contribution in [0.4, 0.5) is 10.7 Å². The van der Waals surface area contributed by atoms with Crippen LogP contribution in [0.15, 0.2) is 12.4 Å². The zero-order chi connectivity index (χ0) is 13.7. The van der Waals surface area contributed by atoms with Gasteiger partial charge >= 0.3 is 12.0 Å². The van der Waals surface area contributed by atoms with Gasteiger partial charge in [-0.1, -0.05) is 12.8 Å². The highest BCUT2D eigenvalue weighted by atomic mass is 16.4. The van der Waals surface area contributed by atoms with E-state index < -0.39 is 17.4 Å². The van der Waals surface area contributed by atoms with Crippen molar-refractivity contribution in [2.24, 2.45) is 5.41 Å². The standard InChI is InChI=1S/C11H15N5O3/c17-8(18)11(3-1-2-4-11)7-13-10(19)15-9-12-5-6-14-16-9/h5-6H,1-4,7H2,(H,17,18)(H2,12,13,15,16,19). The number of amides is 2. The highest BCUT2D eigenvalue weighted by Gasteiger charge is 2.41. The number of urea groups is 1. The van der Waals surface area contributed by atoms with Gasteiger partial charge in [-0.15, -0.1) is 5.10 Å². The fourth-order valence-corrected chi connectivity index (χ4v) is 2.22. The second kappa shape index (κ2) is 5.59. The largest absolute Gasteiger partial charge is 0.481 e. The topological polar surface area (TPSA) is 117 Å². The summed E-state index contributed by atoms with van der Waals surface area (Å²) in [7, 11) is 0. The van der Waals surface area contributed by atoms with Gasteiger partial charge in [0.1, 0.15) is 0 Å². The average Bonchev–Trinajstić information content (AvgIpc) is 2.88. The SMILES string of the molecule is O=C(NCC1(C(=O)O)CCCC1)Nc1nccnn1. The summed E-state index contributed by atoms with van der Waals surface area (Å²) in [6, 6.07) is -0.527. The smallest absolute Gasteiger partial charge is 0.321 e. The van der Waals surface area contributed by atoms with E-state index in [4.69, 9.17) is 0 Å². The van der Waals surface area contributed by atoms with Gasteiger partial charge in [-0.05, 0) is 12.8 Å². The molecule has 2 rings (SSSR count). The minimum Gasteiger partial charge on any atom is -0.481 e. The van der Waals surface area contributed by atoms with E-state index in [2.05, 4.69) is 25.8 Å². The molecule has 3 N–H and O–H groups in total. The fourth-order valence-electron chi connectivity index (χ4n) is 2.22. The Bertz CT molecular complexity index is 459. The third-order valence-corrected chi connectivity index (χ3v) is 3.31. The monoisotopic (exact) mass is 265 g/mol. The number of nitrogens with one attached hydrogen (secondary N) is 2. The molecule has 0 bridgehead atoms. The maximum atomic E-state index is 11.6. The lowest BCUT2D eigenvalue weighted by atomic mass is 9.86. The molecule has 0 radical (unpaired) electrons. The molecular weight excluding hydrogens is 250 g/mol. The minimum atomic E-state index is -0.858. The first-order chi connectivity index (χ1) is 9.12. The lowest BCUT2D eigenvalue weighted by molar-refractivity contribution is -0.148.